The minimum Gasteiger partial charge on any atom is -0.497 e. The maximum atomic E-state index is 13.4. The highest BCUT2D eigenvalue weighted by Gasteiger charge is 2.32. The maximum absolute atomic E-state index is 13.4. The summed E-state index contributed by atoms with van der Waals surface area (Å²) in [4.78, 5) is 15.5. The van der Waals surface area contributed by atoms with Gasteiger partial charge in [-0.25, -0.2) is 0 Å². The van der Waals surface area contributed by atoms with Crippen molar-refractivity contribution >= 4 is 16.8 Å². The Kier molecular flexibility index (Phi) is 4.23. The average Bonchev–Trinajstić information content (AvgIpc) is 3.26. The number of carbonyl (C=O) groups excluding carboxylic acids is 1. The molecule has 0 saturated heterocycles. The molecule has 0 saturated carbocycles. The third-order valence-electron chi connectivity index (χ3n) is 5.46. The van der Waals surface area contributed by atoms with E-state index in [0.29, 0.717) is 0 Å². The van der Waals surface area contributed by atoms with Gasteiger partial charge < -0.3 is 18.8 Å². The summed E-state index contributed by atoms with van der Waals surface area (Å²) in [7, 11) is 3.62. The summed E-state index contributed by atoms with van der Waals surface area (Å²) < 4.78 is 9.59. The number of methoxy groups -OCH3 is 1. The van der Waals surface area contributed by atoms with Crippen molar-refractivity contribution in [3.8, 4) is 5.75 Å². The number of ether oxygens (including phenoxy) is 1. The summed E-state index contributed by atoms with van der Waals surface area (Å²) >= 11 is 0. The van der Waals surface area contributed by atoms with Gasteiger partial charge in [-0.15, -0.1) is 0 Å². The molecule has 1 aliphatic rings. The summed E-state index contributed by atoms with van der Waals surface area (Å²) in [6.07, 6.45) is 4.14. The molecule has 1 atom stereocenters. The number of hydrogen-bond acceptors (Lipinski definition) is 2. The maximum Gasteiger partial charge on any atom is 0.271 e. The Morgan fingerprint density at radius 2 is 2.08 bits per heavy atom. The van der Waals surface area contributed by atoms with Crippen molar-refractivity contribution in [3.05, 3.63) is 54.0 Å². The van der Waals surface area contributed by atoms with E-state index < -0.39 is 0 Å². The number of aromatic nitrogens is 2. The molecule has 1 aromatic carbocycles. The highest BCUT2D eigenvalue weighted by atomic mass is 16.5. The first-order valence-electron chi connectivity index (χ1n) is 9.23. The topological polar surface area (TPSA) is 39.4 Å². The minimum atomic E-state index is 0.105. The summed E-state index contributed by atoms with van der Waals surface area (Å²) in [5.74, 6) is 0.908. The lowest BCUT2D eigenvalue weighted by atomic mass is 10.0. The summed E-state index contributed by atoms with van der Waals surface area (Å²) in [5.41, 5.74) is 2.99. The van der Waals surface area contributed by atoms with Crippen LogP contribution in [0.15, 0.2) is 42.6 Å². The predicted molar refractivity (Wildman–Crippen MR) is 103 cm³/mol. The van der Waals surface area contributed by atoms with Gasteiger partial charge in [0.1, 0.15) is 11.4 Å². The Morgan fingerprint density at radius 3 is 2.85 bits per heavy atom. The van der Waals surface area contributed by atoms with E-state index in [1.807, 2.05) is 40.8 Å². The fourth-order valence-corrected chi connectivity index (χ4v) is 4.07. The van der Waals surface area contributed by atoms with Crippen LogP contribution in [0, 0.1) is 0 Å². The van der Waals surface area contributed by atoms with Crippen LogP contribution in [-0.2, 0) is 13.6 Å². The lowest BCUT2D eigenvalue weighted by Gasteiger charge is -2.37. The highest BCUT2D eigenvalue weighted by molar-refractivity contribution is 5.99. The Morgan fingerprint density at radius 1 is 1.23 bits per heavy atom. The van der Waals surface area contributed by atoms with Crippen LogP contribution in [0.4, 0.5) is 0 Å². The van der Waals surface area contributed by atoms with Gasteiger partial charge in [0.25, 0.3) is 5.91 Å². The molecule has 26 heavy (non-hydrogen) atoms. The molecular weight excluding hydrogens is 326 g/mol. The number of rotatable bonds is 4. The van der Waals surface area contributed by atoms with E-state index in [4.69, 9.17) is 4.74 Å². The van der Waals surface area contributed by atoms with Gasteiger partial charge >= 0.3 is 0 Å². The van der Waals surface area contributed by atoms with Gasteiger partial charge in [0.15, 0.2) is 0 Å². The Labute approximate surface area is 153 Å². The Hall–Kier alpha value is -2.69. The number of amides is 1. The van der Waals surface area contributed by atoms with Gasteiger partial charge in [-0.1, -0.05) is 13.3 Å². The molecule has 0 fully saturated rings. The molecule has 1 amide bonds. The first kappa shape index (κ1) is 16.8. The van der Waals surface area contributed by atoms with Crippen LogP contribution in [-0.4, -0.2) is 33.6 Å². The van der Waals surface area contributed by atoms with Gasteiger partial charge in [0, 0.05) is 43.5 Å². The average molecular weight is 351 g/mol. The second-order valence-electron chi connectivity index (χ2n) is 6.94. The molecular formula is C21H25N3O2. The molecule has 5 nitrogen and oxygen atoms in total. The van der Waals surface area contributed by atoms with Crippen LogP contribution in [0.2, 0.25) is 0 Å². The van der Waals surface area contributed by atoms with Crippen LogP contribution in [0.3, 0.4) is 0 Å². The zero-order chi connectivity index (χ0) is 18.3. The summed E-state index contributed by atoms with van der Waals surface area (Å²) in [5, 5.41) is 1.06. The molecule has 5 heteroatoms. The van der Waals surface area contributed by atoms with Crippen LogP contribution < -0.4 is 4.74 Å². The summed E-state index contributed by atoms with van der Waals surface area (Å²) in [6.45, 7) is 3.77. The molecule has 0 radical (unpaired) electrons. The van der Waals surface area contributed by atoms with Crippen LogP contribution >= 0.6 is 0 Å². The van der Waals surface area contributed by atoms with Gasteiger partial charge in [-0.3, -0.25) is 4.79 Å². The largest absolute Gasteiger partial charge is 0.497 e. The predicted octanol–water partition coefficient (Wildman–Crippen LogP) is 3.99. The fourth-order valence-electron chi connectivity index (χ4n) is 4.07. The third-order valence-corrected chi connectivity index (χ3v) is 5.46. The summed E-state index contributed by atoms with van der Waals surface area (Å²) in [6, 6.07) is 12.3. The number of fused-ring (bicyclic) bond motifs is 2. The molecule has 0 unspecified atom stereocenters. The van der Waals surface area contributed by atoms with Gasteiger partial charge in [0.05, 0.1) is 18.7 Å². The van der Waals surface area contributed by atoms with E-state index in [1.165, 1.54) is 5.69 Å². The molecule has 3 aromatic rings. The number of nitrogens with zero attached hydrogens (tertiary/aromatic N) is 3. The normalized spacial score (nSPS) is 16.7. The van der Waals surface area contributed by atoms with Crippen LogP contribution in [0.1, 0.15) is 42.0 Å². The van der Waals surface area contributed by atoms with Crippen molar-refractivity contribution in [2.24, 2.45) is 7.05 Å². The first-order chi connectivity index (χ1) is 12.6. The standard InChI is InChI=1S/C21H25N3O2/c1-4-6-18-17-7-5-10-23(17)11-12-24(18)21(25)20-13-15-8-9-16(26-3)14-19(15)22(20)2/h5,7-10,13-14,18H,4,6,11-12H2,1-3H3/t18-/m1/s1. The number of aryl methyl sites for hydroxylation is 1. The molecule has 2 aromatic heterocycles. The lowest BCUT2D eigenvalue weighted by molar-refractivity contribution is 0.0601. The minimum absolute atomic E-state index is 0.105. The lowest BCUT2D eigenvalue weighted by Crippen LogP contribution is -2.42. The Balaban J connectivity index is 1.73. The van der Waals surface area contributed by atoms with Crippen molar-refractivity contribution in [2.45, 2.75) is 32.4 Å². The first-order valence-corrected chi connectivity index (χ1v) is 9.23. The van der Waals surface area contributed by atoms with E-state index in [9.17, 15) is 4.79 Å². The number of hydrogen-bond donors (Lipinski definition) is 0. The number of benzene rings is 1. The molecule has 1 aliphatic heterocycles. The third kappa shape index (κ3) is 2.59. The molecule has 0 N–H and O–H groups in total. The molecule has 136 valence electrons. The second kappa shape index (κ2) is 6.56. The van der Waals surface area contributed by atoms with Crippen molar-refractivity contribution in [1.82, 2.24) is 14.0 Å². The fraction of sp³-hybridized carbons (Fsp3) is 0.381. The van der Waals surface area contributed by atoms with Gasteiger partial charge in [-0.2, -0.15) is 0 Å². The van der Waals surface area contributed by atoms with Gasteiger partial charge in [0.2, 0.25) is 0 Å². The highest BCUT2D eigenvalue weighted by Crippen LogP contribution is 2.32. The molecule has 0 bridgehead atoms. The van der Waals surface area contributed by atoms with Crippen LogP contribution in [0.5, 0.6) is 5.75 Å². The van der Waals surface area contributed by atoms with E-state index in [0.717, 1.165) is 48.3 Å². The quantitative estimate of drug-likeness (QED) is 0.713. The monoisotopic (exact) mass is 351 g/mol. The zero-order valence-electron chi connectivity index (χ0n) is 15.6. The zero-order valence-corrected chi connectivity index (χ0v) is 15.6. The second-order valence-corrected chi connectivity index (χ2v) is 6.94. The van der Waals surface area contributed by atoms with Crippen molar-refractivity contribution < 1.29 is 9.53 Å². The van der Waals surface area contributed by atoms with E-state index in [1.54, 1.807) is 7.11 Å². The molecule has 3 heterocycles. The Bertz CT molecular complexity index is 953. The van der Waals surface area contributed by atoms with E-state index >= 15 is 0 Å². The van der Waals surface area contributed by atoms with Crippen molar-refractivity contribution in [1.29, 1.82) is 0 Å². The SMILES string of the molecule is CCC[C@@H]1c2cccn2CCN1C(=O)c1cc2ccc(OC)cc2n1C. The smallest absolute Gasteiger partial charge is 0.271 e. The van der Waals surface area contributed by atoms with E-state index in [2.05, 4.69) is 29.8 Å². The molecule has 4 rings (SSSR count). The van der Waals surface area contributed by atoms with Crippen LogP contribution in [0.25, 0.3) is 10.9 Å². The van der Waals surface area contributed by atoms with Gasteiger partial charge in [-0.05, 0) is 36.8 Å². The van der Waals surface area contributed by atoms with Crippen molar-refractivity contribution in [2.75, 3.05) is 13.7 Å². The van der Waals surface area contributed by atoms with E-state index in [-0.39, 0.29) is 11.9 Å². The molecule has 0 aliphatic carbocycles. The molecule has 0 spiro atoms. The number of carbonyl (C=O) groups is 1. The van der Waals surface area contributed by atoms with Crippen molar-refractivity contribution in [3.63, 3.8) is 0 Å².